The van der Waals surface area contributed by atoms with E-state index in [0.29, 0.717) is 19.4 Å². The lowest BCUT2D eigenvalue weighted by atomic mass is 10.0. The predicted molar refractivity (Wildman–Crippen MR) is 250 cm³/mol. The van der Waals surface area contributed by atoms with Crippen LogP contribution in [0.3, 0.4) is 0 Å². The third kappa shape index (κ3) is 43.4. The number of rotatable bonds is 45. The van der Waals surface area contributed by atoms with Crippen LogP contribution in [-0.2, 0) is 14.3 Å². The van der Waals surface area contributed by atoms with Crippen LogP contribution in [0.1, 0.15) is 245 Å². The molecule has 0 aromatic carbocycles. The van der Waals surface area contributed by atoms with Gasteiger partial charge in [-0.2, -0.15) is 0 Å². The van der Waals surface area contributed by atoms with E-state index in [2.05, 4.69) is 55.6 Å². The fourth-order valence-electron chi connectivity index (χ4n) is 7.20. The Balaban J connectivity index is 3.58. The normalized spacial score (nSPS) is 13.1. The molecule has 0 rings (SSSR count). The molecule has 0 fully saturated rings. The Bertz CT molecular complexity index is 988. The molecular weight excluding hydrogens is 719 g/mol. The number of carbonyl (C=O) groups excluding carboxylic acids is 2. The third-order valence-electron chi connectivity index (χ3n) is 11.1. The number of amides is 1. The lowest BCUT2D eigenvalue weighted by Crippen LogP contribution is -2.45. The Labute approximate surface area is 359 Å². The van der Waals surface area contributed by atoms with Crippen LogP contribution in [-0.4, -0.2) is 47.4 Å². The summed E-state index contributed by atoms with van der Waals surface area (Å²) in [6.45, 7) is 4.80. The maximum Gasteiger partial charge on any atom is 0.305 e. The minimum absolute atomic E-state index is 0.0340. The molecule has 1 amide bonds. The second-order valence-corrected chi connectivity index (χ2v) is 16.8. The number of allylic oxidation sites excluding steroid dienone is 7. The Hall–Kier alpha value is -2.18. The number of hydrogen-bond donors (Lipinski definition) is 3. The summed E-state index contributed by atoms with van der Waals surface area (Å²) < 4.78 is 5.42. The minimum atomic E-state index is -0.859. The summed E-state index contributed by atoms with van der Waals surface area (Å²) in [6, 6.07) is -0.644. The molecule has 0 aliphatic heterocycles. The number of carbonyl (C=O) groups is 2. The molecule has 2 unspecified atom stereocenters. The van der Waals surface area contributed by atoms with Gasteiger partial charge in [0.05, 0.1) is 25.4 Å². The highest BCUT2D eigenvalue weighted by Crippen LogP contribution is 2.14. The number of esters is 1. The molecule has 0 radical (unpaired) electrons. The first-order chi connectivity index (χ1) is 28.5. The second-order valence-electron chi connectivity index (χ2n) is 16.8. The van der Waals surface area contributed by atoms with Crippen molar-refractivity contribution < 1.29 is 24.5 Å². The summed E-state index contributed by atoms with van der Waals surface area (Å²) in [5, 5.41) is 23.0. The number of ether oxygens (including phenoxy) is 1. The van der Waals surface area contributed by atoms with Crippen molar-refractivity contribution in [3.8, 4) is 0 Å². The van der Waals surface area contributed by atoms with Crippen LogP contribution in [0, 0.1) is 0 Å². The summed E-state index contributed by atoms with van der Waals surface area (Å²) in [6.07, 6.45) is 58.2. The molecule has 2 atom stereocenters. The molecule has 3 N–H and O–H groups in total. The summed E-state index contributed by atoms with van der Waals surface area (Å²) in [4.78, 5) is 24.4. The Morgan fingerprint density at radius 2 is 0.862 bits per heavy atom. The molecule has 6 heteroatoms. The van der Waals surface area contributed by atoms with Gasteiger partial charge in [0, 0.05) is 12.8 Å². The number of nitrogens with one attached hydrogen (secondary N) is 1. The van der Waals surface area contributed by atoms with E-state index >= 15 is 0 Å². The molecule has 0 saturated heterocycles. The van der Waals surface area contributed by atoms with Gasteiger partial charge in [0.15, 0.2) is 0 Å². The summed E-state index contributed by atoms with van der Waals surface area (Å²) in [7, 11) is 0. The molecule has 0 bridgehead atoms. The molecular formula is C52H95NO5. The van der Waals surface area contributed by atoms with Gasteiger partial charge in [-0.25, -0.2) is 0 Å². The second kappa shape index (κ2) is 47.5. The quantitative estimate of drug-likeness (QED) is 0.0246. The van der Waals surface area contributed by atoms with Crippen molar-refractivity contribution in [2.75, 3.05) is 13.2 Å². The van der Waals surface area contributed by atoms with Crippen LogP contribution >= 0.6 is 0 Å². The maximum absolute atomic E-state index is 12.4. The van der Waals surface area contributed by atoms with Crippen molar-refractivity contribution in [2.45, 2.75) is 257 Å². The van der Waals surface area contributed by atoms with Crippen LogP contribution in [0.25, 0.3) is 0 Å². The van der Waals surface area contributed by atoms with Crippen molar-refractivity contribution in [3.05, 3.63) is 48.6 Å². The lowest BCUT2D eigenvalue weighted by Gasteiger charge is -2.20. The van der Waals surface area contributed by atoms with E-state index in [0.717, 1.165) is 77.0 Å². The first-order valence-electron chi connectivity index (χ1n) is 24.9. The van der Waals surface area contributed by atoms with Crippen molar-refractivity contribution in [1.82, 2.24) is 5.32 Å². The average Bonchev–Trinajstić information content (AvgIpc) is 3.22. The minimum Gasteiger partial charge on any atom is -0.466 e. The van der Waals surface area contributed by atoms with E-state index in [-0.39, 0.29) is 18.5 Å². The standard InChI is InChI=1S/C52H95NO5/c1-3-5-7-9-11-13-15-17-21-24-28-32-36-40-44-50(55)49(48-54)53-51(56)45-41-37-33-29-25-22-19-18-20-23-27-31-35-39-43-47-58-52(57)46-42-38-34-30-26-16-14-12-10-8-6-4-2/h12,14,18,20,23,27,40,44,49-50,54-55H,3-11,13,15-17,19,21-22,24-26,28-39,41-43,45-48H2,1-2H3,(H,53,56)/b14-12-,20-18-,27-23-,44-40+. The van der Waals surface area contributed by atoms with Crippen LogP contribution in [0.2, 0.25) is 0 Å². The molecule has 0 aromatic rings. The Kier molecular flexibility index (Phi) is 45.7. The van der Waals surface area contributed by atoms with E-state index in [1.165, 1.54) is 141 Å². The molecule has 0 heterocycles. The van der Waals surface area contributed by atoms with Crippen molar-refractivity contribution in [2.24, 2.45) is 0 Å². The predicted octanol–water partition coefficient (Wildman–Crippen LogP) is 14.7. The zero-order valence-corrected chi connectivity index (χ0v) is 38.3. The first-order valence-corrected chi connectivity index (χ1v) is 24.9. The van der Waals surface area contributed by atoms with Crippen molar-refractivity contribution in [3.63, 3.8) is 0 Å². The SMILES string of the molecule is CCCCC/C=C\CCCCCCCC(=O)OCCCCC/C=C\C=C/CCCCCCCCC(=O)NC(CO)C(O)/C=C/CCCCCCCCCCCCCC. The number of hydrogen-bond acceptors (Lipinski definition) is 5. The number of unbranched alkanes of at least 4 members (excludes halogenated alkanes) is 29. The van der Waals surface area contributed by atoms with Gasteiger partial charge in [-0.1, -0.05) is 191 Å². The van der Waals surface area contributed by atoms with Crippen LogP contribution < -0.4 is 5.32 Å². The highest BCUT2D eigenvalue weighted by atomic mass is 16.5. The summed E-state index contributed by atoms with van der Waals surface area (Å²) in [5.74, 6) is -0.126. The van der Waals surface area contributed by atoms with Crippen LogP contribution in [0.4, 0.5) is 0 Å². The molecule has 0 aliphatic carbocycles. The van der Waals surface area contributed by atoms with Gasteiger partial charge in [0.2, 0.25) is 5.91 Å². The van der Waals surface area contributed by atoms with E-state index in [4.69, 9.17) is 4.74 Å². The van der Waals surface area contributed by atoms with Gasteiger partial charge in [0.1, 0.15) is 0 Å². The fourth-order valence-corrected chi connectivity index (χ4v) is 7.20. The van der Waals surface area contributed by atoms with Gasteiger partial charge in [-0.05, 0) is 89.9 Å². The summed E-state index contributed by atoms with van der Waals surface area (Å²) in [5.41, 5.74) is 0. The molecule has 0 saturated carbocycles. The van der Waals surface area contributed by atoms with Gasteiger partial charge >= 0.3 is 5.97 Å². The highest BCUT2D eigenvalue weighted by Gasteiger charge is 2.18. The Morgan fingerprint density at radius 3 is 1.36 bits per heavy atom. The van der Waals surface area contributed by atoms with E-state index in [9.17, 15) is 19.8 Å². The third-order valence-corrected chi connectivity index (χ3v) is 11.1. The van der Waals surface area contributed by atoms with E-state index < -0.39 is 12.1 Å². The summed E-state index contributed by atoms with van der Waals surface area (Å²) >= 11 is 0. The Morgan fingerprint density at radius 1 is 0.483 bits per heavy atom. The lowest BCUT2D eigenvalue weighted by molar-refractivity contribution is -0.143. The van der Waals surface area contributed by atoms with Crippen LogP contribution in [0.15, 0.2) is 48.6 Å². The van der Waals surface area contributed by atoms with Gasteiger partial charge in [-0.3, -0.25) is 9.59 Å². The molecule has 0 spiro atoms. The largest absolute Gasteiger partial charge is 0.466 e. The van der Waals surface area contributed by atoms with Crippen LogP contribution in [0.5, 0.6) is 0 Å². The number of aliphatic hydroxyl groups is 2. The highest BCUT2D eigenvalue weighted by molar-refractivity contribution is 5.76. The smallest absolute Gasteiger partial charge is 0.305 e. The van der Waals surface area contributed by atoms with Gasteiger partial charge in [-0.15, -0.1) is 0 Å². The molecule has 0 aliphatic rings. The molecule has 6 nitrogen and oxygen atoms in total. The van der Waals surface area contributed by atoms with Crippen molar-refractivity contribution in [1.29, 1.82) is 0 Å². The first kappa shape index (κ1) is 55.8. The van der Waals surface area contributed by atoms with E-state index in [1.807, 2.05) is 6.08 Å². The fraction of sp³-hybridized carbons (Fsp3) is 0.808. The molecule has 0 aromatic heterocycles. The van der Waals surface area contributed by atoms with Gasteiger partial charge < -0.3 is 20.3 Å². The molecule has 58 heavy (non-hydrogen) atoms. The topological polar surface area (TPSA) is 95.9 Å². The monoisotopic (exact) mass is 814 g/mol. The van der Waals surface area contributed by atoms with Crippen molar-refractivity contribution >= 4 is 11.9 Å². The van der Waals surface area contributed by atoms with Gasteiger partial charge in [0.25, 0.3) is 0 Å². The van der Waals surface area contributed by atoms with E-state index in [1.54, 1.807) is 6.08 Å². The zero-order chi connectivity index (χ0) is 42.3. The number of aliphatic hydroxyl groups excluding tert-OH is 2. The zero-order valence-electron chi connectivity index (χ0n) is 38.3. The average molecular weight is 814 g/mol. The molecule has 338 valence electrons. The maximum atomic E-state index is 12.4.